The summed E-state index contributed by atoms with van der Waals surface area (Å²) in [7, 11) is -1.99. The van der Waals surface area contributed by atoms with Crippen LogP contribution in [-0.4, -0.2) is 33.7 Å². The molecule has 1 N–H and O–H groups in total. The first-order valence-electron chi connectivity index (χ1n) is 5.49. The van der Waals surface area contributed by atoms with Crippen molar-refractivity contribution in [2.75, 3.05) is 18.7 Å². The molecule has 1 aromatic carbocycles. The highest BCUT2D eigenvalue weighted by molar-refractivity contribution is 7.90. The van der Waals surface area contributed by atoms with Crippen LogP contribution in [0.4, 0.5) is 5.69 Å². The van der Waals surface area contributed by atoms with Gasteiger partial charge >= 0.3 is 5.97 Å². The van der Waals surface area contributed by atoms with E-state index in [2.05, 4.69) is 10.1 Å². The Hall–Kier alpha value is -1.89. The van der Waals surface area contributed by atoms with Crippen LogP contribution in [0.2, 0.25) is 0 Å². The Morgan fingerprint density at radius 2 is 1.74 bits per heavy atom. The predicted molar refractivity (Wildman–Crippen MR) is 69.4 cm³/mol. The third-order valence-corrected chi connectivity index (χ3v) is 3.48. The minimum Gasteiger partial charge on any atom is -0.469 e. The summed E-state index contributed by atoms with van der Waals surface area (Å²) in [5, 5.41) is 2.56. The average Bonchev–Trinajstić information content (AvgIpc) is 2.35. The Morgan fingerprint density at radius 3 is 2.21 bits per heavy atom. The van der Waals surface area contributed by atoms with Crippen molar-refractivity contribution in [2.24, 2.45) is 0 Å². The Balaban J connectivity index is 2.59. The highest BCUT2D eigenvalue weighted by atomic mass is 32.2. The first kappa shape index (κ1) is 15.2. The first-order valence-corrected chi connectivity index (χ1v) is 7.39. The summed E-state index contributed by atoms with van der Waals surface area (Å²) in [5.74, 6) is -0.792. The van der Waals surface area contributed by atoms with E-state index in [4.69, 9.17) is 0 Å². The zero-order valence-electron chi connectivity index (χ0n) is 10.7. The number of benzene rings is 1. The molecule has 104 valence electrons. The van der Waals surface area contributed by atoms with Crippen molar-refractivity contribution in [2.45, 2.75) is 17.7 Å². The molecule has 0 aliphatic carbocycles. The van der Waals surface area contributed by atoms with Gasteiger partial charge in [0.25, 0.3) is 0 Å². The normalized spacial score (nSPS) is 10.8. The molecule has 0 aliphatic rings. The molecular formula is C12H15NO5S. The van der Waals surface area contributed by atoms with Gasteiger partial charge < -0.3 is 10.1 Å². The number of hydrogen-bond donors (Lipinski definition) is 1. The van der Waals surface area contributed by atoms with Crippen LogP contribution in [0, 0.1) is 0 Å². The molecule has 0 saturated carbocycles. The molecule has 0 fully saturated rings. The molecule has 0 spiro atoms. The number of methoxy groups -OCH3 is 1. The maximum Gasteiger partial charge on any atom is 0.306 e. The number of rotatable bonds is 5. The fourth-order valence-corrected chi connectivity index (χ4v) is 1.96. The second-order valence-corrected chi connectivity index (χ2v) is 5.94. The molecule has 6 nitrogen and oxygen atoms in total. The SMILES string of the molecule is COC(=O)CCC(=O)Nc1ccc(S(C)(=O)=O)cc1. The van der Waals surface area contributed by atoms with E-state index < -0.39 is 15.8 Å². The van der Waals surface area contributed by atoms with Gasteiger partial charge in [0.2, 0.25) is 5.91 Å². The van der Waals surface area contributed by atoms with E-state index in [1.807, 2.05) is 0 Å². The molecule has 0 saturated heterocycles. The molecule has 0 aromatic heterocycles. The Morgan fingerprint density at radius 1 is 1.16 bits per heavy atom. The van der Waals surface area contributed by atoms with Gasteiger partial charge in [-0.3, -0.25) is 9.59 Å². The van der Waals surface area contributed by atoms with Crippen LogP contribution in [0.3, 0.4) is 0 Å². The van der Waals surface area contributed by atoms with Crippen LogP contribution in [0.5, 0.6) is 0 Å². The lowest BCUT2D eigenvalue weighted by atomic mass is 10.2. The molecule has 0 heterocycles. The average molecular weight is 285 g/mol. The molecule has 1 rings (SSSR count). The van der Waals surface area contributed by atoms with Gasteiger partial charge in [0, 0.05) is 18.4 Å². The van der Waals surface area contributed by atoms with Crippen LogP contribution in [-0.2, 0) is 24.2 Å². The standard InChI is InChI=1S/C12H15NO5S/c1-18-12(15)8-7-11(14)13-9-3-5-10(6-4-9)19(2,16)17/h3-6H,7-8H2,1-2H3,(H,13,14). The fourth-order valence-electron chi connectivity index (χ4n) is 1.33. The van der Waals surface area contributed by atoms with E-state index in [1.165, 1.54) is 31.4 Å². The fraction of sp³-hybridized carbons (Fsp3) is 0.333. The molecule has 0 unspecified atom stereocenters. The van der Waals surface area contributed by atoms with Crippen molar-refractivity contribution >= 4 is 27.4 Å². The van der Waals surface area contributed by atoms with Crippen molar-refractivity contribution in [3.63, 3.8) is 0 Å². The van der Waals surface area contributed by atoms with Crippen LogP contribution in [0.25, 0.3) is 0 Å². The van der Waals surface area contributed by atoms with Gasteiger partial charge in [-0.15, -0.1) is 0 Å². The van der Waals surface area contributed by atoms with Crippen LogP contribution < -0.4 is 5.32 Å². The third kappa shape index (κ3) is 5.09. The lowest BCUT2D eigenvalue weighted by molar-refractivity contribution is -0.141. The second-order valence-electron chi connectivity index (χ2n) is 3.92. The van der Waals surface area contributed by atoms with Gasteiger partial charge in [-0.25, -0.2) is 8.42 Å². The van der Waals surface area contributed by atoms with E-state index in [1.54, 1.807) is 0 Å². The summed E-state index contributed by atoms with van der Waals surface area (Å²) in [5.41, 5.74) is 0.474. The zero-order valence-corrected chi connectivity index (χ0v) is 11.5. The molecule has 0 aliphatic heterocycles. The van der Waals surface area contributed by atoms with Crippen LogP contribution in [0.15, 0.2) is 29.2 Å². The van der Waals surface area contributed by atoms with Gasteiger partial charge in [-0.05, 0) is 24.3 Å². The Kier molecular flexibility index (Phi) is 5.05. The van der Waals surface area contributed by atoms with Crippen LogP contribution >= 0.6 is 0 Å². The van der Waals surface area contributed by atoms with E-state index in [0.717, 1.165) is 6.26 Å². The van der Waals surface area contributed by atoms with Crippen LogP contribution in [0.1, 0.15) is 12.8 Å². The summed E-state index contributed by atoms with van der Waals surface area (Å²) in [4.78, 5) is 22.5. The number of sulfone groups is 1. The quantitative estimate of drug-likeness (QED) is 0.815. The molecule has 1 aromatic rings. The van der Waals surface area contributed by atoms with E-state index >= 15 is 0 Å². The molecular weight excluding hydrogens is 270 g/mol. The smallest absolute Gasteiger partial charge is 0.306 e. The first-order chi connectivity index (χ1) is 8.82. The molecule has 7 heteroatoms. The lowest BCUT2D eigenvalue weighted by Crippen LogP contribution is -2.14. The minimum atomic E-state index is -3.25. The van der Waals surface area contributed by atoms with Gasteiger partial charge in [0.1, 0.15) is 0 Å². The molecule has 0 radical (unpaired) electrons. The molecule has 19 heavy (non-hydrogen) atoms. The highest BCUT2D eigenvalue weighted by Crippen LogP contribution is 2.14. The molecule has 1 amide bonds. The van der Waals surface area contributed by atoms with Gasteiger partial charge in [-0.1, -0.05) is 0 Å². The number of ether oxygens (including phenoxy) is 1. The number of esters is 1. The number of carbonyl (C=O) groups is 2. The maximum absolute atomic E-state index is 11.5. The largest absolute Gasteiger partial charge is 0.469 e. The maximum atomic E-state index is 11.5. The summed E-state index contributed by atoms with van der Waals surface area (Å²) >= 11 is 0. The zero-order chi connectivity index (χ0) is 14.5. The number of carbonyl (C=O) groups excluding carboxylic acids is 2. The highest BCUT2D eigenvalue weighted by Gasteiger charge is 2.09. The molecule has 0 atom stereocenters. The summed E-state index contributed by atoms with van der Waals surface area (Å²) in [6.07, 6.45) is 1.13. The van der Waals surface area contributed by atoms with E-state index in [-0.39, 0.29) is 23.6 Å². The van der Waals surface area contributed by atoms with Crippen molar-refractivity contribution in [1.82, 2.24) is 0 Å². The Labute approximate surface area is 111 Å². The van der Waals surface area contributed by atoms with Crippen molar-refractivity contribution in [3.05, 3.63) is 24.3 Å². The number of hydrogen-bond acceptors (Lipinski definition) is 5. The lowest BCUT2D eigenvalue weighted by Gasteiger charge is -2.05. The van der Waals surface area contributed by atoms with Gasteiger partial charge in [-0.2, -0.15) is 0 Å². The second kappa shape index (κ2) is 6.33. The summed E-state index contributed by atoms with van der Waals surface area (Å²) in [6.45, 7) is 0. The molecule has 0 bridgehead atoms. The van der Waals surface area contributed by atoms with Gasteiger partial charge in [0.15, 0.2) is 9.84 Å². The van der Waals surface area contributed by atoms with E-state index in [0.29, 0.717) is 5.69 Å². The number of amides is 1. The van der Waals surface area contributed by atoms with Crippen molar-refractivity contribution in [1.29, 1.82) is 0 Å². The van der Waals surface area contributed by atoms with E-state index in [9.17, 15) is 18.0 Å². The number of nitrogens with one attached hydrogen (secondary N) is 1. The summed E-state index contributed by atoms with van der Waals surface area (Å²) in [6, 6.07) is 5.80. The Bertz CT molecular complexity index is 562. The summed E-state index contributed by atoms with van der Waals surface area (Å²) < 4.78 is 26.9. The van der Waals surface area contributed by atoms with Gasteiger partial charge in [0.05, 0.1) is 18.4 Å². The number of anilines is 1. The van der Waals surface area contributed by atoms with Crippen molar-refractivity contribution < 1.29 is 22.7 Å². The topological polar surface area (TPSA) is 89.5 Å². The predicted octanol–water partition coefficient (Wildman–Crippen LogP) is 0.982. The minimum absolute atomic E-state index is 0.00373. The monoisotopic (exact) mass is 285 g/mol. The van der Waals surface area contributed by atoms with Crippen molar-refractivity contribution in [3.8, 4) is 0 Å². The third-order valence-electron chi connectivity index (χ3n) is 2.35.